The normalized spacial score (nSPS) is 16.5. The van der Waals surface area contributed by atoms with Crippen LogP contribution in [0.25, 0.3) is 11.0 Å². The maximum Gasteiger partial charge on any atom is 0.228 e. The van der Waals surface area contributed by atoms with Gasteiger partial charge in [-0.3, -0.25) is 4.79 Å². The van der Waals surface area contributed by atoms with E-state index in [1.54, 1.807) is 0 Å². The molecule has 0 saturated carbocycles. The molecule has 116 valence electrons. The van der Waals surface area contributed by atoms with Crippen molar-refractivity contribution in [2.24, 2.45) is 0 Å². The number of para-hydroxylation sites is 1. The van der Waals surface area contributed by atoms with Crippen molar-refractivity contribution < 1.29 is 9.32 Å². The number of benzene rings is 2. The van der Waals surface area contributed by atoms with E-state index < -0.39 is 0 Å². The van der Waals surface area contributed by atoms with Crippen LogP contribution in [-0.4, -0.2) is 23.0 Å². The van der Waals surface area contributed by atoms with Crippen LogP contribution in [0.3, 0.4) is 0 Å². The molecule has 1 aromatic heterocycles. The third-order valence-electron chi connectivity index (χ3n) is 4.73. The number of nitrogens with zero attached hydrogens (tertiary/aromatic N) is 2. The highest BCUT2D eigenvalue weighted by Crippen LogP contribution is 2.35. The van der Waals surface area contributed by atoms with Gasteiger partial charge in [-0.25, -0.2) is 0 Å². The highest BCUT2D eigenvalue weighted by molar-refractivity contribution is 5.86. The molecule has 0 fully saturated rings. The minimum absolute atomic E-state index is 0.0748. The Labute approximate surface area is 134 Å². The molecule has 0 spiro atoms. The zero-order chi connectivity index (χ0) is 15.8. The first-order chi connectivity index (χ1) is 11.2. The molecule has 1 aliphatic carbocycles. The van der Waals surface area contributed by atoms with Gasteiger partial charge in [0.1, 0.15) is 5.69 Å². The lowest BCUT2D eigenvalue weighted by atomic mass is 10.1. The summed E-state index contributed by atoms with van der Waals surface area (Å²) < 4.78 is 5.29. The molecule has 1 amide bonds. The number of likely N-dealkylation sites (N-methyl/N-ethyl adjacent to an activating group) is 1. The van der Waals surface area contributed by atoms with E-state index in [9.17, 15) is 4.79 Å². The second-order valence-electron chi connectivity index (χ2n) is 6.06. The fourth-order valence-corrected chi connectivity index (χ4v) is 3.44. The molecule has 0 N–H and O–H groups in total. The Bertz CT molecular complexity index is 868. The van der Waals surface area contributed by atoms with Gasteiger partial charge in [-0.15, -0.1) is 0 Å². The van der Waals surface area contributed by atoms with Crippen LogP contribution >= 0.6 is 0 Å². The van der Waals surface area contributed by atoms with Crippen molar-refractivity contribution in [1.82, 2.24) is 10.1 Å². The molecule has 4 heteroatoms. The van der Waals surface area contributed by atoms with Gasteiger partial charge in [-0.2, -0.15) is 0 Å². The molecule has 1 heterocycles. The summed E-state index contributed by atoms with van der Waals surface area (Å²) >= 11 is 0. The number of amides is 1. The quantitative estimate of drug-likeness (QED) is 0.744. The number of hydrogen-bond donors (Lipinski definition) is 0. The van der Waals surface area contributed by atoms with Crippen LogP contribution in [-0.2, 0) is 17.6 Å². The van der Waals surface area contributed by atoms with Gasteiger partial charge in [0.25, 0.3) is 0 Å². The Morgan fingerprint density at radius 2 is 2.00 bits per heavy atom. The molecule has 4 rings (SSSR count). The van der Waals surface area contributed by atoms with Crippen LogP contribution in [0.5, 0.6) is 0 Å². The maximum atomic E-state index is 12.7. The van der Waals surface area contributed by atoms with Crippen LogP contribution in [0.1, 0.15) is 29.3 Å². The lowest BCUT2D eigenvalue weighted by Gasteiger charge is -2.25. The van der Waals surface area contributed by atoms with Gasteiger partial charge in [0.15, 0.2) is 5.58 Å². The zero-order valence-electron chi connectivity index (χ0n) is 13.0. The molecule has 23 heavy (non-hydrogen) atoms. The van der Waals surface area contributed by atoms with Crippen molar-refractivity contribution in [1.29, 1.82) is 0 Å². The number of fused-ring (bicyclic) bond motifs is 2. The standard InChI is InChI=1S/C19H18N2O2/c1-21(17-11-10-13-6-2-3-7-14(13)17)19(22)12-16-15-8-4-5-9-18(15)23-20-16/h2-9,17H,10-12H2,1H3/t17-/m1/s1. The molecular formula is C19H18N2O2. The lowest BCUT2D eigenvalue weighted by Crippen LogP contribution is -2.31. The number of rotatable bonds is 3. The number of hydrogen-bond acceptors (Lipinski definition) is 3. The van der Waals surface area contributed by atoms with Gasteiger partial charge >= 0.3 is 0 Å². The third-order valence-corrected chi connectivity index (χ3v) is 4.73. The Hall–Kier alpha value is -2.62. The van der Waals surface area contributed by atoms with E-state index in [2.05, 4.69) is 23.4 Å². The van der Waals surface area contributed by atoms with Crippen molar-refractivity contribution in [2.45, 2.75) is 25.3 Å². The van der Waals surface area contributed by atoms with E-state index in [4.69, 9.17) is 4.52 Å². The molecule has 3 aromatic rings. The summed E-state index contributed by atoms with van der Waals surface area (Å²) in [6.07, 6.45) is 2.29. The van der Waals surface area contributed by atoms with E-state index in [0.29, 0.717) is 5.69 Å². The molecular weight excluding hydrogens is 288 g/mol. The van der Waals surface area contributed by atoms with Gasteiger partial charge in [-0.05, 0) is 36.1 Å². The minimum Gasteiger partial charge on any atom is -0.356 e. The fourth-order valence-electron chi connectivity index (χ4n) is 3.44. The summed E-state index contributed by atoms with van der Waals surface area (Å²) in [5.41, 5.74) is 4.06. The number of carbonyl (C=O) groups excluding carboxylic acids is 1. The van der Waals surface area contributed by atoms with Crippen LogP contribution < -0.4 is 0 Å². The first kappa shape index (κ1) is 14.0. The zero-order valence-corrected chi connectivity index (χ0v) is 13.0. The molecule has 1 atom stereocenters. The summed E-state index contributed by atoms with van der Waals surface area (Å²) in [6.45, 7) is 0. The van der Waals surface area contributed by atoms with Crippen LogP contribution in [0.15, 0.2) is 53.1 Å². The van der Waals surface area contributed by atoms with Crippen LogP contribution in [0.2, 0.25) is 0 Å². The summed E-state index contributed by atoms with van der Waals surface area (Å²) in [5.74, 6) is 0.0748. The first-order valence-electron chi connectivity index (χ1n) is 7.91. The summed E-state index contributed by atoms with van der Waals surface area (Å²) in [5, 5.41) is 4.98. The minimum atomic E-state index is 0.0748. The summed E-state index contributed by atoms with van der Waals surface area (Å²) in [4.78, 5) is 14.6. The van der Waals surface area contributed by atoms with Crippen molar-refractivity contribution in [2.75, 3.05) is 7.05 Å². The van der Waals surface area contributed by atoms with Gasteiger partial charge in [-0.1, -0.05) is 41.6 Å². The first-order valence-corrected chi connectivity index (χ1v) is 7.91. The molecule has 0 radical (unpaired) electrons. The Balaban J connectivity index is 1.56. The van der Waals surface area contributed by atoms with Gasteiger partial charge in [0.2, 0.25) is 5.91 Å². The van der Waals surface area contributed by atoms with E-state index in [0.717, 1.165) is 23.8 Å². The molecule has 0 aliphatic heterocycles. The second kappa shape index (κ2) is 5.54. The highest BCUT2D eigenvalue weighted by atomic mass is 16.5. The average molecular weight is 306 g/mol. The topological polar surface area (TPSA) is 46.3 Å². The lowest BCUT2D eigenvalue weighted by molar-refractivity contribution is -0.131. The Morgan fingerprint density at radius 3 is 2.91 bits per heavy atom. The van der Waals surface area contributed by atoms with E-state index in [1.807, 2.05) is 42.3 Å². The monoisotopic (exact) mass is 306 g/mol. The molecule has 4 nitrogen and oxygen atoms in total. The average Bonchev–Trinajstić information content (AvgIpc) is 3.19. The number of aryl methyl sites for hydroxylation is 1. The van der Waals surface area contributed by atoms with Gasteiger partial charge < -0.3 is 9.42 Å². The predicted octanol–water partition coefficient (Wildman–Crippen LogP) is 3.52. The summed E-state index contributed by atoms with van der Waals surface area (Å²) in [6, 6.07) is 16.2. The van der Waals surface area contributed by atoms with Crippen molar-refractivity contribution in [3.63, 3.8) is 0 Å². The molecule has 0 bridgehead atoms. The second-order valence-corrected chi connectivity index (χ2v) is 6.06. The highest BCUT2D eigenvalue weighted by Gasteiger charge is 2.28. The van der Waals surface area contributed by atoms with Gasteiger partial charge in [0, 0.05) is 12.4 Å². The SMILES string of the molecule is CN(C(=O)Cc1noc2ccccc12)[C@@H]1CCc2ccccc21. The van der Waals surface area contributed by atoms with Crippen LogP contribution in [0.4, 0.5) is 0 Å². The van der Waals surface area contributed by atoms with E-state index >= 15 is 0 Å². The largest absolute Gasteiger partial charge is 0.356 e. The number of carbonyl (C=O) groups is 1. The molecule has 1 aliphatic rings. The third kappa shape index (κ3) is 2.40. The molecule has 0 unspecified atom stereocenters. The maximum absolute atomic E-state index is 12.7. The van der Waals surface area contributed by atoms with E-state index in [-0.39, 0.29) is 18.4 Å². The van der Waals surface area contributed by atoms with Crippen molar-refractivity contribution >= 4 is 16.9 Å². The Morgan fingerprint density at radius 1 is 1.22 bits per heavy atom. The van der Waals surface area contributed by atoms with Crippen molar-refractivity contribution in [3.05, 3.63) is 65.4 Å². The molecule has 0 saturated heterocycles. The smallest absolute Gasteiger partial charge is 0.228 e. The van der Waals surface area contributed by atoms with Gasteiger partial charge in [0.05, 0.1) is 12.5 Å². The van der Waals surface area contributed by atoms with Crippen molar-refractivity contribution in [3.8, 4) is 0 Å². The van der Waals surface area contributed by atoms with Crippen LogP contribution in [0, 0.1) is 0 Å². The molecule has 2 aromatic carbocycles. The Kier molecular flexibility index (Phi) is 3.37. The number of aromatic nitrogens is 1. The van der Waals surface area contributed by atoms with E-state index in [1.165, 1.54) is 11.1 Å². The predicted molar refractivity (Wildman–Crippen MR) is 88.0 cm³/mol. The summed E-state index contributed by atoms with van der Waals surface area (Å²) in [7, 11) is 1.89. The fraction of sp³-hybridized carbons (Fsp3) is 0.263.